The number of methoxy groups -OCH3 is 2. The summed E-state index contributed by atoms with van der Waals surface area (Å²) in [6.45, 7) is 0.999. The Bertz CT molecular complexity index is 732. The maximum Gasteiger partial charge on any atom is 0.161 e. The van der Waals surface area contributed by atoms with Crippen LogP contribution < -0.4 is 14.4 Å². The van der Waals surface area contributed by atoms with Crippen molar-refractivity contribution in [1.29, 1.82) is 0 Å². The fourth-order valence-electron chi connectivity index (χ4n) is 3.35. The molecule has 3 rings (SSSR count). The average Bonchev–Trinajstić information content (AvgIpc) is 2.56. The van der Waals surface area contributed by atoms with Crippen molar-refractivity contribution in [2.75, 3.05) is 27.8 Å². The Morgan fingerprint density at radius 2 is 1.78 bits per heavy atom. The third kappa shape index (κ3) is 2.91. The predicted molar refractivity (Wildman–Crippen MR) is 92.7 cm³/mol. The van der Waals surface area contributed by atoms with Crippen LogP contribution in [0.25, 0.3) is 0 Å². The molecular formula is C18H21BrNO3+. The van der Waals surface area contributed by atoms with Crippen LogP contribution in [0, 0.1) is 0 Å². The van der Waals surface area contributed by atoms with E-state index in [2.05, 4.69) is 29.0 Å². The molecule has 2 N–H and O–H groups in total. The number of nitrogens with one attached hydrogen (secondary N) is 1. The third-order valence-electron chi connectivity index (χ3n) is 4.54. The van der Waals surface area contributed by atoms with E-state index in [1.54, 1.807) is 20.3 Å². The van der Waals surface area contributed by atoms with E-state index in [1.807, 2.05) is 18.2 Å². The minimum absolute atomic E-state index is 0.0658. The number of phenolic OH excluding ortho intramolecular Hbond substituents is 1. The molecule has 0 saturated heterocycles. The van der Waals surface area contributed by atoms with Crippen LogP contribution in [0.15, 0.2) is 34.8 Å². The molecule has 0 amide bonds. The molecule has 2 aromatic carbocycles. The number of hydrogen-bond donors (Lipinski definition) is 2. The van der Waals surface area contributed by atoms with Crippen molar-refractivity contribution < 1.29 is 19.5 Å². The summed E-state index contributed by atoms with van der Waals surface area (Å²) < 4.78 is 11.9. The van der Waals surface area contributed by atoms with Crippen molar-refractivity contribution in [2.24, 2.45) is 0 Å². The van der Waals surface area contributed by atoms with Crippen molar-refractivity contribution in [3.8, 4) is 17.2 Å². The Morgan fingerprint density at radius 3 is 2.48 bits per heavy atom. The lowest BCUT2D eigenvalue weighted by atomic mass is 9.87. The van der Waals surface area contributed by atoms with Gasteiger partial charge in [-0.05, 0) is 35.9 Å². The van der Waals surface area contributed by atoms with Gasteiger partial charge in [0.25, 0.3) is 0 Å². The van der Waals surface area contributed by atoms with E-state index in [4.69, 9.17) is 9.47 Å². The molecule has 1 aliphatic heterocycles. The second-order valence-electron chi connectivity index (χ2n) is 5.89. The summed E-state index contributed by atoms with van der Waals surface area (Å²) in [6.07, 6.45) is 0.979. The molecule has 122 valence electrons. The van der Waals surface area contributed by atoms with Gasteiger partial charge in [-0.1, -0.05) is 15.9 Å². The van der Waals surface area contributed by atoms with E-state index in [9.17, 15) is 5.11 Å². The summed E-state index contributed by atoms with van der Waals surface area (Å²) in [6, 6.07) is 9.75. The van der Waals surface area contributed by atoms with Crippen molar-refractivity contribution >= 4 is 15.9 Å². The summed E-state index contributed by atoms with van der Waals surface area (Å²) in [7, 11) is 5.46. The highest BCUT2D eigenvalue weighted by molar-refractivity contribution is 9.10. The van der Waals surface area contributed by atoms with E-state index >= 15 is 0 Å². The number of quaternary nitrogens is 1. The Balaban J connectivity index is 2.18. The number of rotatable bonds is 3. The molecule has 0 saturated carbocycles. The molecule has 0 spiro atoms. The molecule has 0 aliphatic carbocycles. The molecule has 23 heavy (non-hydrogen) atoms. The average molecular weight is 379 g/mol. The van der Waals surface area contributed by atoms with Crippen molar-refractivity contribution in [2.45, 2.75) is 12.5 Å². The number of hydrogen-bond acceptors (Lipinski definition) is 3. The van der Waals surface area contributed by atoms with E-state index in [1.165, 1.54) is 16.0 Å². The summed E-state index contributed by atoms with van der Waals surface area (Å²) in [4.78, 5) is 1.35. The fourth-order valence-corrected chi connectivity index (χ4v) is 3.73. The molecule has 0 radical (unpaired) electrons. The van der Waals surface area contributed by atoms with Crippen LogP contribution in [0.4, 0.5) is 0 Å². The molecule has 0 bridgehead atoms. The van der Waals surface area contributed by atoms with Gasteiger partial charge in [0.2, 0.25) is 0 Å². The van der Waals surface area contributed by atoms with Gasteiger partial charge in [-0.15, -0.1) is 0 Å². The summed E-state index contributed by atoms with van der Waals surface area (Å²) in [5.74, 6) is 1.80. The van der Waals surface area contributed by atoms with E-state index in [0.29, 0.717) is 5.75 Å². The topological polar surface area (TPSA) is 43.1 Å². The highest BCUT2D eigenvalue weighted by Gasteiger charge is 2.33. The molecule has 5 heteroatoms. The van der Waals surface area contributed by atoms with Gasteiger partial charge in [-0.25, -0.2) is 0 Å². The molecule has 1 unspecified atom stereocenters. The smallest absolute Gasteiger partial charge is 0.161 e. The fraction of sp³-hybridized carbons (Fsp3) is 0.333. The first-order valence-electron chi connectivity index (χ1n) is 7.60. The molecule has 1 aliphatic rings. The van der Waals surface area contributed by atoms with Crippen molar-refractivity contribution in [3.63, 3.8) is 0 Å². The highest BCUT2D eigenvalue weighted by atomic mass is 79.9. The molecular weight excluding hydrogens is 358 g/mol. The van der Waals surface area contributed by atoms with E-state index in [-0.39, 0.29) is 6.04 Å². The number of ether oxygens (including phenoxy) is 2. The van der Waals surface area contributed by atoms with Gasteiger partial charge in [0.1, 0.15) is 11.8 Å². The minimum atomic E-state index is 0.0658. The zero-order valence-electron chi connectivity index (χ0n) is 13.5. The van der Waals surface area contributed by atoms with Crippen LogP contribution in [0.5, 0.6) is 17.2 Å². The maximum atomic E-state index is 10.4. The van der Waals surface area contributed by atoms with Crippen molar-refractivity contribution in [1.82, 2.24) is 0 Å². The molecule has 0 fully saturated rings. The number of benzene rings is 2. The minimum Gasteiger partial charge on any atom is -0.507 e. The quantitative estimate of drug-likeness (QED) is 0.861. The monoisotopic (exact) mass is 378 g/mol. The Kier molecular flexibility index (Phi) is 4.50. The SMILES string of the molecule is COc1cc2c(cc1OC)[C@@H](c1cc(Br)ccc1O)[NH+](C)CC2. The maximum absolute atomic E-state index is 10.4. The molecule has 0 aromatic heterocycles. The second-order valence-corrected chi connectivity index (χ2v) is 6.80. The standard InChI is InChI=1S/C18H20BrNO3/c1-20-7-6-11-8-16(22-2)17(23-3)10-13(11)18(20)14-9-12(19)4-5-15(14)21/h4-5,8-10,18,21H,6-7H2,1-3H3/p+1/t18-/m0/s1. The van der Waals surface area contributed by atoms with Crippen LogP contribution in [0.1, 0.15) is 22.7 Å². The van der Waals surface area contributed by atoms with Crippen LogP contribution in [-0.4, -0.2) is 32.9 Å². The van der Waals surface area contributed by atoms with Gasteiger partial charge in [0.05, 0.1) is 33.4 Å². The zero-order valence-corrected chi connectivity index (χ0v) is 15.1. The molecule has 4 nitrogen and oxygen atoms in total. The molecule has 1 heterocycles. The van der Waals surface area contributed by atoms with Crippen LogP contribution in [0.2, 0.25) is 0 Å². The first-order chi connectivity index (χ1) is 11.0. The van der Waals surface area contributed by atoms with Crippen LogP contribution in [0.3, 0.4) is 0 Å². The largest absolute Gasteiger partial charge is 0.507 e. The highest BCUT2D eigenvalue weighted by Crippen LogP contribution is 2.38. The van der Waals surface area contributed by atoms with Crippen LogP contribution >= 0.6 is 15.9 Å². The van der Waals surface area contributed by atoms with Gasteiger partial charge in [-0.3, -0.25) is 0 Å². The lowest BCUT2D eigenvalue weighted by Gasteiger charge is -2.33. The summed E-state index contributed by atoms with van der Waals surface area (Å²) in [5, 5.41) is 10.4. The first-order valence-corrected chi connectivity index (χ1v) is 8.40. The second kappa shape index (κ2) is 6.42. The molecule has 2 atom stereocenters. The Hall–Kier alpha value is -1.72. The summed E-state index contributed by atoms with van der Waals surface area (Å²) in [5.41, 5.74) is 3.35. The van der Waals surface area contributed by atoms with Gasteiger partial charge < -0.3 is 19.5 Å². The number of aromatic hydroxyl groups is 1. The third-order valence-corrected chi connectivity index (χ3v) is 5.03. The number of halogens is 1. The normalized spacial score (nSPS) is 20.0. The predicted octanol–water partition coefficient (Wildman–Crippen LogP) is 2.33. The van der Waals surface area contributed by atoms with Crippen molar-refractivity contribution in [3.05, 3.63) is 51.5 Å². The first kappa shape index (κ1) is 16.1. The zero-order chi connectivity index (χ0) is 16.6. The molecule has 2 aromatic rings. The van der Waals surface area contributed by atoms with Gasteiger partial charge >= 0.3 is 0 Å². The summed E-state index contributed by atoms with van der Waals surface area (Å²) >= 11 is 3.51. The van der Waals surface area contributed by atoms with Gasteiger partial charge in [0, 0.05) is 16.5 Å². The number of likely N-dealkylation sites (N-methyl/N-ethyl adjacent to an activating group) is 1. The number of phenols is 1. The number of fused-ring (bicyclic) bond motifs is 1. The van der Waals surface area contributed by atoms with E-state index < -0.39 is 0 Å². The Morgan fingerprint density at radius 1 is 1.09 bits per heavy atom. The Labute approximate surface area is 144 Å². The lowest BCUT2D eigenvalue weighted by Crippen LogP contribution is -3.10. The lowest BCUT2D eigenvalue weighted by molar-refractivity contribution is -0.908. The van der Waals surface area contributed by atoms with Crippen LogP contribution in [-0.2, 0) is 6.42 Å². The van der Waals surface area contributed by atoms with Gasteiger partial charge in [0.15, 0.2) is 11.5 Å². The van der Waals surface area contributed by atoms with Gasteiger partial charge in [-0.2, -0.15) is 0 Å². The van der Waals surface area contributed by atoms with E-state index in [0.717, 1.165) is 34.5 Å².